The number of hydrogen-bond acceptors (Lipinski definition) is 2. The Labute approximate surface area is 127 Å². The van der Waals surface area contributed by atoms with Crippen LogP contribution in [0, 0.1) is 6.92 Å². The first kappa shape index (κ1) is 14.7. The maximum absolute atomic E-state index is 10.9. The topological polar surface area (TPSA) is 49.3 Å². The van der Waals surface area contributed by atoms with Crippen molar-refractivity contribution >= 4 is 34.9 Å². The summed E-state index contributed by atoms with van der Waals surface area (Å²) in [5.74, 6) is -0.941. The smallest absolute Gasteiger partial charge is 0.335 e. The fourth-order valence-corrected chi connectivity index (χ4v) is 2.24. The van der Waals surface area contributed by atoms with Crippen molar-refractivity contribution in [3.8, 4) is 0 Å². The van der Waals surface area contributed by atoms with Gasteiger partial charge in [0.2, 0.25) is 0 Å². The van der Waals surface area contributed by atoms with Crippen molar-refractivity contribution in [1.29, 1.82) is 0 Å². The number of halogens is 2. The molecule has 0 fully saturated rings. The number of carboxylic acid groups (broad SMARTS) is 1. The summed E-state index contributed by atoms with van der Waals surface area (Å²) in [6, 6.07) is 10.3. The zero-order valence-corrected chi connectivity index (χ0v) is 12.3. The summed E-state index contributed by atoms with van der Waals surface area (Å²) in [5.41, 5.74) is 2.76. The Balaban J connectivity index is 2.15. The van der Waals surface area contributed by atoms with Crippen LogP contribution < -0.4 is 5.32 Å². The van der Waals surface area contributed by atoms with Gasteiger partial charge in [0.1, 0.15) is 0 Å². The maximum Gasteiger partial charge on any atom is 0.335 e. The van der Waals surface area contributed by atoms with E-state index in [0.29, 0.717) is 16.6 Å². The van der Waals surface area contributed by atoms with Crippen LogP contribution in [-0.2, 0) is 6.54 Å². The van der Waals surface area contributed by atoms with Gasteiger partial charge in [-0.05, 0) is 42.3 Å². The van der Waals surface area contributed by atoms with E-state index in [1.165, 1.54) is 0 Å². The Morgan fingerprint density at radius 1 is 1.20 bits per heavy atom. The minimum Gasteiger partial charge on any atom is -0.478 e. The number of carboxylic acids is 1. The fraction of sp³-hybridized carbons (Fsp3) is 0.133. The van der Waals surface area contributed by atoms with Crippen LogP contribution in [0.2, 0.25) is 10.0 Å². The van der Waals surface area contributed by atoms with Crippen molar-refractivity contribution in [1.82, 2.24) is 0 Å². The van der Waals surface area contributed by atoms with Gasteiger partial charge in [-0.15, -0.1) is 0 Å². The molecule has 0 amide bonds. The second kappa shape index (κ2) is 6.16. The highest BCUT2D eigenvalue weighted by Crippen LogP contribution is 2.29. The summed E-state index contributed by atoms with van der Waals surface area (Å²) in [6.07, 6.45) is 0. The van der Waals surface area contributed by atoms with Crippen LogP contribution in [0.15, 0.2) is 36.4 Å². The van der Waals surface area contributed by atoms with Crippen molar-refractivity contribution in [2.75, 3.05) is 5.32 Å². The van der Waals surface area contributed by atoms with E-state index in [1.54, 1.807) is 30.3 Å². The molecule has 0 spiro atoms. The van der Waals surface area contributed by atoms with Gasteiger partial charge in [0.05, 0.1) is 16.3 Å². The number of anilines is 1. The first-order valence-electron chi connectivity index (χ1n) is 5.99. The van der Waals surface area contributed by atoms with E-state index in [4.69, 9.17) is 28.3 Å². The number of benzene rings is 2. The molecule has 20 heavy (non-hydrogen) atoms. The lowest BCUT2D eigenvalue weighted by Gasteiger charge is -2.11. The number of aryl methyl sites for hydroxylation is 1. The lowest BCUT2D eigenvalue weighted by Crippen LogP contribution is -2.03. The molecular weight excluding hydrogens is 297 g/mol. The molecule has 0 unspecified atom stereocenters. The minimum atomic E-state index is -0.941. The normalized spacial score (nSPS) is 10.3. The summed E-state index contributed by atoms with van der Waals surface area (Å²) in [6.45, 7) is 2.36. The fourth-order valence-electron chi connectivity index (χ4n) is 1.79. The summed E-state index contributed by atoms with van der Waals surface area (Å²) in [5, 5.41) is 13.3. The molecule has 0 aliphatic heterocycles. The minimum absolute atomic E-state index is 0.261. The molecule has 2 aromatic carbocycles. The molecule has 2 N–H and O–H groups in total. The highest BCUT2D eigenvalue weighted by atomic mass is 35.5. The van der Waals surface area contributed by atoms with Crippen LogP contribution in [0.4, 0.5) is 5.69 Å². The lowest BCUT2D eigenvalue weighted by molar-refractivity contribution is 0.0697. The zero-order valence-electron chi connectivity index (χ0n) is 10.8. The number of hydrogen-bond donors (Lipinski definition) is 2. The standard InChI is InChI=1S/C15H13Cl2NO2/c1-9-5-13(17)14(7-12(9)16)18-8-10-3-2-4-11(6-10)15(19)20/h2-7,18H,8H2,1H3,(H,19,20). The molecule has 0 aromatic heterocycles. The Kier molecular flexibility index (Phi) is 4.53. The molecule has 3 nitrogen and oxygen atoms in total. The van der Waals surface area contributed by atoms with Crippen LogP contribution in [-0.4, -0.2) is 11.1 Å². The lowest BCUT2D eigenvalue weighted by atomic mass is 10.1. The van der Waals surface area contributed by atoms with E-state index in [-0.39, 0.29) is 5.56 Å². The van der Waals surface area contributed by atoms with E-state index < -0.39 is 5.97 Å². The third kappa shape index (κ3) is 3.44. The van der Waals surface area contributed by atoms with Crippen LogP contribution >= 0.6 is 23.2 Å². The van der Waals surface area contributed by atoms with Crippen molar-refractivity contribution < 1.29 is 9.90 Å². The molecule has 0 bridgehead atoms. The van der Waals surface area contributed by atoms with Gasteiger partial charge < -0.3 is 10.4 Å². The number of carbonyl (C=O) groups is 1. The Morgan fingerprint density at radius 2 is 1.95 bits per heavy atom. The molecule has 0 heterocycles. The van der Waals surface area contributed by atoms with Crippen molar-refractivity contribution in [3.05, 3.63) is 63.1 Å². The summed E-state index contributed by atoms with van der Waals surface area (Å²) < 4.78 is 0. The molecule has 2 rings (SSSR count). The summed E-state index contributed by atoms with van der Waals surface area (Å²) in [4.78, 5) is 10.9. The predicted molar refractivity (Wildman–Crippen MR) is 81.9 cm³/mol. The van der Waals surface area contributed by atoms with Gasteiger partial charge in [0.15, 0.2) is 0 Å². The highest BCUT2D eigenvalue weighted by molar-refractivity contribution is 6.35. The molecule has 0 saturated heterocycles. The van der Waals surface area contributed by atoms with E-state index in [1.807, 2.05) is 13.0 Å². The molecule has 5 heteroatoms. The van der Waals surface area contributed by atoms with Crippen LogP contribution in [0.1, 0.15) is 21.5 Å². The van der Waals surface area contributed by atoms with Crippen LogP contribution in [0.5, 0.6) is 0 Å². The molecule has 0 aliphatic rings. The number of rotatable bonds is 4. The molecule has 0 atom stereocenters. The van der Waals surface area contributed by atoms with Gasteiger partial charge in [-0.3, -0.25) is 0 Å². The number of nitrogens with one attached hydrogen (secondary N) is 1. The zero-order chi connectivity index (χ0) is 14.7. The van der Waals surface area contributed by atoms with Gasteiger partial charge in [-0.1, -0.05) is 35.3 Å². The first-order chi connectivity index (χ1) is 9.47. The van der Waals surface area contributed by atoms with Crippen molar-refractivity contribution in [2.45, 2.75) is 13.5 Å². The Morgan fingerprint density at radius 3 is 2.65 bits per heavy atom. The van der Waals surface area contributed by atoms with E-state index in [0.717, 1.165) is 16.8 Å². The van der Waals surface area contributed by atoms with Gasteiger partial charge in [0.25, 0.3) is 0 Å². The van der Waals surface area contributed by atoms with Gasteiger partial charge in [-0.25, -0.2) is 4.79 Å². The van der Waals surface area contributed by atoms with E-state index >= 15 is 0 Å². The third-order valence-corrected chi connectivity index (χ3v) is 3.63. The van der Waals surface area contributed by atoms with Gasteiger partial charge >= 0.3 is 5.97 Å². The number of aromatic carboxylic acids is 1. The Bertz CT molecular complexity index is 656. The second-order valence-corrected chi connectivity index (χ2v) is 5.25. The van der Waals surface area contributed by atoms with E-state index in [2.05, 4.69) is 5.32 Å². The SMILES string of the molecule is Cc1cc(Cl)c(NCc2cccc(C(=O)O)c2)cc1Cl. The van der Waals surface area contributed by atoms with Crippen molar-refractivity contribution in [2.24, 2.45) is 0 Å². The molecule has 0 aliphatic carbocycles. The Hall–Kier alpha value is -1.71. The maximum atomic E-state index is 10.9. The van der Waals surface area contributed by atoms with Crippen LogP contribution in [0.3, 0.4) is 0 Å². The molecule has 0 radical (unpaired) electrons. The summed E-state index contributed by atoms with van der Waals surface area (Å²) in [7, 11) is 0. The van der Waals surface area contributed by atoms with Gasteiger partial charge in [-0.2, -0.15) is 0 Å². The van der Waals surface area contributed by atoms with Crippen molar-refractivity contribution in [3.63, 3.8) is 0 Å². The monoisotopic (exact) mass is 309 g/mol. The highest BCUT2D eigenvalue weighted by Gasteiger charge is 2.06. The van der Waals surface area contributed by atoms with Crippen LogP contribution in [0.25, 0.3) is 0 Å². The molecule has 104 valence electrons. The van der Waals surface area contributed by atoms with E-state index in [9.17, 15) is 4.79 Å². The largest absolute Gasteiger partial charge is 0.478 e. The van der Waals surface area contributed by atoms with Gasteiger partial charge in [0, 0.05) is 11.6 Å². The predicted octanol–water partition coefficient (Wildman–Crippen LogP) is 4.61. The molecular formula is C15H13Cl2NO2. The molecule has 2 aromatic rings. The quantitative estimate of drug-likeness (QED) is 0.867. The average molecular weight is 310 g/mol. The summed E-state index contributed by atoms with van der Waals surface area (Å²) >= 11 is 12.2. The first-order valence-corrected chi connectivity index (χ1v) is 6.74. The average Bonchev–Trinajstić information content (AvgIpc) is 2.41. The second-order valence-electron chi connectivity index (χ2n) is 4.44. The molecule has 0 saturated carbocycles. The third-order valence-electron chi connectivity index (χ3n) is 2.91.